The van der Waals surface area contributed by atoms with Gasteiger partial charge in [-0.05, 0) is 54.6 Å². The lowest BCUT2D eigenvalue weighted by Gasteiger charge is -2.13. The summed E-state index contributed by atoms with van der Waals surface area (Å²) in [4.78, 5) is 50.3. The van der Waals surface area contributed by atoms with Crippen LogP contribution < -0.4 is 9.47 Å². The van der Waals surface area contributed by atoms with Crippen molar-refractivity contribution in [1.82, 2.24) is 4.90 Å². The van der Waals surface area contributed by atoms with E-state index in [1.807, 2.05) is 0 Å². The van der Waals surface area contributed by atoms with Gasteiger partial charge in [0.25, 0.3) is 11.1 Å². The Balaban J connectivity index is 1.77. The van der Waals surface area contributed by atoms with Crippen LogP contribution in [-0.4, -0.2) is 54.7 Å². The molecule has 1 heterocycles. The molecule has 8 nitrogen and oxygen atoms in total. The van der Waals surface area contributed by atoms with Gasteiger partial charge in [-0.25, -0.2) is 4.79 Å². The average Bonchev–Trinajstić information content (AvgIpc) is 3.05. The fraction of sp³-hybridized carbons (Fsp3) is 0.217. The van der Waals surface area contributed by atoms with Gasteiger partial charge in [-0.3, -0.25) is 19.3 Å². The standard InChI is InChI=1S/C23H19BrClNO7S/c1-3-32-20(28)12-33-21-16(25)8-13(9-18(21)31-2)10-19-22(29)26(23(30)34-19)11-17(27)14-4-6-15(24)7-5-14/h4-10H,3,11-12H2,1-2H3/b19-10-. The average molecular weight is 569 g/mol. The highest BCUT2D eigenvalue weighted by molar-refractivity contribution is 9.10. The van der Waals surface area contributed by atoms with Gasteiger partial charge in [0, 0.05) is 10.0 Å². The van der Waals surface area contributed by atoms with Crippen molar-refractivity contribution >= 4 is 68.3 Å². The first-order valence-corrected chi connectivity index (χ1v) is 11.9. The van der Waals surface area contributed by atoms with E-state index in [1.165, 1.54) is 19.3 Å². The minimum Gasteiger partial charge on any atom is -0.493 e. The fourth-order valence-corrected chi connectivity index (χ4v) is 4.33. The number of ketones is 1. The van der Waals surface area contributed by atoms with E-state index in [2.05, 4.69) is 15.9 Å². The van der Waals surface area contributed by atoms with Crippen LogP contribution in [0.15, 0.2) is 45.8 Å². The van der Waals surface area contributed by atoms with Gasteiger partial charge in [0.05, 0.1) is 30.2 Å². The number of carbonyl (C=O) groups is 4. The summed E-state index contributed by atoms with van der Waals surface area (Å²) in [6.07, 6.45) is 1.47. The SMILES string of the molecule is CCOC(=O)COc1c(Cl)cc(/C=C2\SC(=O)N(CC(=O)c3ccc(Br)cc3)C2=O)cc1OC. The number of benzene rings is 2. The zero-order valence-electron chi connectivity index (χ0n) is 18.1. The number of methoxy groups -OCH3 is 1. The monoisotopic (exact) mass is 567 g/mol. The Hall–Kier alpha value is -2.82. The van der Waals surface area contributed by atoms with E-state index in [4.69, 9.17) is 25.8 Å². The van der Waals surface area contributed by atoms with Crippen molar-refractivity contribution in [2.75, 3.05) is 26.9 Å². The first-order valence-electron chi connectivity index (χ1n) is 9.93. The molecule has 34 heavy (non-hydrogen) atoms. The van der Waals surface area contributed by atoms with Crippen molar-refractivity contribution in [3.63, 3.8) is 0 Å². The van der Waals surface area contributed by atoms with Crippen molar-refractivity contribution in [2.24, 2.45) is 0 Å². The van der Waals surface area contributed by atoms with E-state index in [-0.39, 0.29) is 47.0 Å². The first-order chi connectivity index (χ1) is 16.2. The van der Waals surface area contributed by atoms with Crippen molar-refractivity contribution < 1.29 is 33.4 Å². The number of thioether (sulfide) groups is 1. The smallest absolute Gasteiger partial charge is 0.344 e. The molecule has 1 fully saturated rings. The van der Waals surface area contributed by atoms with Crippen molar-refractivity contribution in [3.8, 4) is 11.5 Å². The van der Waals surface area contributed by atoms with E-state index in [1.54, 1.807) is 37.3 Å². The number of amides is 2. The van der Waals surface area contributed by atoms with Gasteiger partial charge in [-0.2, -0.15) is 0 Å². The van der Waals surface area contributed by atoms with Crippen LogP contribution in [-0.2, 0) is 14.3 Å². The fourth-order valence-electron chi connectivity index (χ4n) is 2.96. The van der Waals surface area contributed by atoms with Crippen LogP contribution in [0.3, 0.4) is 0 Å². The molecule has 0 N–H and O–H groups in total. The Morgan fingerprint density at radius 3 is 2.53 bits per heavy atom. The summed E-state index contributed by atoms with van der Waals surface area (Å²) in [6.45, 7) is 1.18. The maximum absolute atomic E-state index is 12.8. The Labute approximate surface area is 213 Å². The number of carbonyl (C=O) groups excluding carboxylic acids is 4. The lowest BCUT2D eigenvalue weighted by molar-refractivity contribution is -0.145. The van der Waals surface area contributed by atoms with Crippen LogP contribution in [0.5, 0.6) is 11.5 Å². The third-order valence-corrected chi connectivity index (χ3v) is 6.25. The van der Waals surface area contributed by atoms with Crippen LogP contribution in [0, 0.1) is 0 Å². The van der Waals surface area contributed by atoms with Gasteiger partial charge < -0.3 is 14.2 Å². The molecular weight excluding hydrogens is 550 g/mol. The minimum atomic E-state index is -0.585. The quantitative estimate of drug-likeness (QED) is 0.237. The number of imide groups is 1. The summed E-state index contributed by atoms with van der Waals surface area (Å²) in [6, 6.07) is 9.69. The topological polar surface area (TPSA) is 99.2 Å². The summed E-state index contributed by atoms with van der Waals surface area (Å²) < 4.78 is 16.3. The van der Waals surface area contributed by atoms with E-state index < -0.39 is 17.1 Å². The van der Waals surface area contributed by atoms with Crippen LogP contribution in [0.25, 0.3) is 6.08 Å². The Bertz CT molecular complexity index is 1170. The number of nitrogens with zero attached hydrogens (tertiary/aromatic N) is 1. The van der Waals surface area contributed by atoms with Crippen LogP contribution in [0.4, 0.5) is 4.79 Å². The lowest BCUT2D eigenvalue weighted by Crippen LogP contribution is -2.33. The molecule has 2 amide bonds. The van der Waals surface area contributed by atoms with Gasteiger partial charge in [0.2, 0.25) is 0 Å². The highest BCUT2D eigenvalue weighted by Crippen LogP contribution is 2.39. The molecule has 0 unspecified atom stereocenters. The van der Waals surface area contributed by atoms with Gasteiger partial charge in [0.15, 0.2) is 23.9 Å². The second-order valence-electron chi connectivity index (χ2n) is 6.83. The molecule has 0 radical (unpaired) electrons. The summed E-state index contributed by atoms with van der Waals surface area (Å²) in [5.41, 5.74) is 0.858. The van der Waals surface area contributed by atoms with E-state index >= 15 is 0 Å². The van der Waals surface area contributed by atoms with Crippen LogP contribution in [0.1, 0.15) is 22.8 Å². The van der Waals surface area contributed by atoms with Gasteiger partial charge in [0.1, 0.15) is 0 Å². The second-order valence-corrected chi connectivity index (χ2v) is 9.14. The number of hydrogen-bond acceptors (Lipinski definition) is 8. The molecule has 3 rings (SSSR count). The molecule has 0 bridgehead atoms. The van der Waals surface area contributed by atoms with Crippen molar-refractivity contribution in [2.45, 2.75) is 6.92 Å². The Kier molecular flexibility index (Phi) is 8.76. The predicted molar refractivity (Wildman–Crippen MR) is 131 cm³/mol. The highest BCUT2D eigenvalue weighted by Gasteiger charge is 2.36. The van der Waals surface area contributed by atoms with Crippen LogP contribution in [0.2, 0.25) is 5.02 Å². The van der Waals surface area contributed by atoms with Crippen molar-refractivity contribution in [3.05, 3.63) is 61.9 Å². The third kappa shape index (κ3) is 6.19. The summed E-state index contributed by atoms with van der Waals surface area (Å²) >= 11 is 10.3. The summed E-state index contributed by atoms with van der Waals surface area (Å²) in [5, 5.41) is -0.409. The largest absolute Gasteiger partial charge is 0.493 e. The number of ether oxygens (including phenoxy) is 3. The number of halogens is 2. The predicted octanol–water partition coefficient (Wildman–Crippen LogP) is 4.97. The van der Waals surface area contributed by atoms with Crippen LogP contribution >= 0.6 is 39.3 Å². The Morgan fingerprint density at radius 1 is 1.18 bits per heavy atom. The zero-order chi connectivity index (χ0) is 24.8. The molecule has 11 heteroatoms. The summed E-state index contributed by atoms with van der Waals surface area (Å²) in [5.74, 6) is -1.13. The van der Waals surface area contributed by atoms with Gasteiger partial charge >= 0.3 is 5.97 Å². The van der Waals surface area contributed by atoms with E-state index in [0.717, 1.165) is 21.1 Å². The molecule has 178 valence electrons. The lowest BCUT2D eigenvalue weighted by atomic mass is 10.1. The highest BCUT2D eigenvalue weighted by atomic mass is 79.9. The molecule has 1 aliphatic rings. The molecule has 0 saturated carbocycles. The van der Waals surface area contributed by atoms with Gasteiger partial charge in [-0.15, -0.1) is 0 Å². The second kappa shape index (κ2) is 11.5. The Morgan fingerprint density at radius 2 is 1.88 bits per heavy atom. The molecule has 1 aliphatic heterocycles. The van der Waals surface area contributed by atoms with Gasteiger partial charge in [-0.1, -0.05) is 39.7 Å². The van der Waals surface area contributed by atoms with Crippen molar-refractivity contribution in [1.29, 1.82) is 0 Å². The zero-order valence-corrected chi connectivity index (χ0v) is 21.3. The summed E-state index contributed by atoms with van der Waals surface area (Å²) in [7, 11) is 1.40. The molecule has 0 spiro atoms. The molecule has 0 atom stereocenters. The molecule has 2 aromatic rings. The van der Waals surface area contributed by atoms with E-state index in [0.29, 0.717) is 11.1 Å². The van der Waals surface area contributed by atoms with E-state index in [9.17, 15) is 19.2 Å². The maximum atomic E-state index is 12.8. The molecule has 0 aromatic heterocycles. The molecule has 0 aliphatic carbocycles. The maximum Gasteiger partial charge on any atom is 0.344 e. The first kappa shape index (κ1) is 25.8. The molecular formula is C23H19BrClNO7S. The number of Topliss-reactive ketones (excluding diaryl/α,β-unsaturated/α-hetero) is 1. The third-order valence-electron chi connectivity index (χ3n) is 4.53. The minimum absolute atomic E-state index is 0.131. The number of hydrogen-bond donors (Lipinski definition) is 0. The normalized spacial score (nSPS) is 14.5. The molecule has 1 saturated heterocycles. The number of esters is 1. The molecule has 2 aromatic carbocycles. The number of rotatable bonds is 9.